The molecule has 1 fully saturated rings. The van der Waals surface area contributed by atoms with Crippen molar-refractivity contribution >= 4 is 6.09 Å². The van der Waals surface area contributed by atoms with Crippen LogP contribution in [0, 0.1) is 0 Å². The lowest BCUT2D eigenvalue weighted by molar-refractivity contribution is 0.126. The van der Waals surface area contributed by atoms with Gasteiger partial charge in [-0.15, -0.1) is 0 Å². The maximum absolute atomic E-state index is 11.1. The molecule has 0 spiro atoms. The van der Waals surface area contributed by atoms with Crippen LogP contribution in [-0.4, -0.2) is 18.2 Å². The van der Waals surface area contributed by atoms with Gasteiger partial charge in [0.1, 0.15) is 6.10 Å². The number of rotatable bonds is 14. The summed E-state index contributed by atoms with van der Waals surface area (Å²) < 4.78 is 5.23. The Balaban J connectivity index is 1.76. The van der Waals surface area contributed by atoms with Crippen LogP contribution in [0.25, 0.3) is 0 Å². The monoisotopic (exact) mass is 311 g/mol. The predicted octanol–water partition coefficient (Wildman–Crippen LogP) is 5.96. The first kappa shape index (κ1) is 19.3. The quantitative estimate of drug-likeness (QED) is 0.402. The molecule has 0 aliphatic carbocycles. The van der Waals surface area contributed by atoms with E-state index in [0.717, 1.165) is 6.42 Å². The van der Waals surface area contributed by atoms with Crippen LogP contribution in [0.3, 0.4) is 0 Å². The van der Waals surface area contributed by atoms with Crippen LogP contribution in [0.4, 0.5) is 4.79 Å². The molecule has 0 saturated carbocycles. The smallest absolute Gasteiger partial charge is 0.407 e. The summed E-state index contributed by atoms with van der Waals surface area (Å²) in [4.78, 5) is 11.1. The topological polar surface area (TPSA) is 38.3 Å². The Morgan fingerprint density at radius 3 is 1.68 bits per heavy atom. The maximum atomic E-state index is 11.1. The molecular weight excluding hydrogens is 274 g/mol. The molecule has 1 rings (SSSR count). The fraction of sp³-hybridized carbons (Fsp3) is 0.947. The van der Waals surface area contributed by atoms with Gasteiger partial charge >= 0.3 is 6.09 Å². The van der Waals surface area contributed by atoms with Crippen molar-refractivity contribution in [3.8, 4) is 0 Å². The van der Waals surface area contributed by atoms with Crippen LogP contribution in [0.15, 0.2) is 0 Å². The second kappa shape index (κ2) is 12.8. The van der Waals surface area contributed by atoms with E-state index in [1.807, 2.05) is 6.92 Å². The fourth-order valence-electron chi connectivity index (χ4n) is 3.22. The third-order valence-electron chi connectivity index (χ3n) is 4.75. The van der Waals surface area contributed by atoms with E-state index in [-0.39, 0.29) is 18.2 Å². The van der Waals surface area contributed by atoms with Gasteiger partial charge < -0.3 is 10.1 Å². The van der Waals surface area contributed by atoms with Gasteiger partial charge in [0.15, 0.2) is 0 Å². The zero-order valence-corrected chi connectivity index (χ0v) is 14.9. The third kappa shape index (κ3) is 9.32. The molecule has 1 aliphatic rings. The second-order valence-corrected chi connectivity index (χ2v) is 6.91. The Bertz CT molecular complexity index is 281. The Labute approximate surface area is 137 Å². The molecule has 0 unspecified atom stereocenters. The number of carbonyl (C=O) groups excluding carboxylic acids is 1. The average Bonchev–Trinajstić information content (AvgIpc) is 2.82. The van der Waals surface area contributed by atoms with Crippen LogP contribution in [0.1, 0.15) is 104 Å². The van der Waals surface area contributed by atoms with E-state index < -0.39 is 0 Å². The number of cyclic esters (lactones) is 1. The van der Waals surface area contributed by atoms with E-state index in [9.17, 15) is 4.79 Å². The summed E-state index contributed by atoms with van der Waals surface area (Å²) in [5, 5.41) is 2.80. The molecule has 0 aromatic rings. The van der Waals surface area contributed by atoms with Crippen LogP contribution in [0.2, 0.25) is 0 Å². The molecule has 2 atom stereocenters. The van der Waals surface area contributed by atoms with Crippen molar-refractivity contribution in [2.24, 2.45) is 0 Å². The van der Waals surface area contributed by atoms with Crippen molar-refractivity contribution in [1.29, 1.82) is 0 Å². The molecule has 1 aliphatic heterocycles. The van der Waals surface area contributed by atoms with E-state index >= 15 is 0 Å². The Morgan fingerprint density at radius 1 is 0.818 bits per heavy atom. The van der Waals surface area contributed by atoms with Gasteiger partial charge in [-0.1, -0.05) is 84.0 Å². The first-order valence-corrected chi connectivity index (χ1v) is 9.71. The third-order valence-corrected chi connectivity index (χ3v) is 4.75. The molecule has 1 heterocycles. The largest absolute Gasteiger partial charge is 0.444 e. The molecule has 0 radical (unpaired) electrons. The minimum atomic E-state index is -0.243. The van der Waals surface area contributed by atoms with Crippen molar-refractivity contribution in [2.45, 2.75) is 116 Å². The molecule has 1 saturated heterocycles. The lowest BCUT2D eigenvalue weighted by Crippen LogP contribution is -2.27. The van der Waals surface area contributed by atoms with E-state index in [1.54, 1.807) is 0 Å². The first-order valence-electron chi connectivity index (χ1n) is 9.71. The van der Waals surface area contributed by atoms with Gasteiger partial charge in [-0.2, -0.15) is 0 Å². The van der Waals surface area contributed by atoms with Gasteiger partial charge in [0.05, 0.1) is 6.04 Å². The highest BCUT2D eigenvalue weighted by molar-refractivity contribution is 5.70. The summed E-state index contributed by atoms with van der Waals surface area (Å²) in [6, 6.07) is 0.185. The van der Waals surface area contributed by atoms with Gasteiger partial charge in [-0.3, -0.25) is 0 Å². The Kier molecular flexibility index (Phi) is 11.2. The molecule has 1 amide bonds. The molecular formula is C19H37NO2. The Hall–Kier alpha value is -0.730. The number of hydrogen-bond donors (Lipinski definition) is 1. The van der Waals surface area contributed by atoms with Crippen LogP contribution >= 0.6 is 0 Å². The first-order chi connectivity index (χ1) is 10.7. The lowest BCUT2D eigenvalue weighted by Gasteiger charge is -2.12. The highest BCUT2D eigenvalue weighted by Crippen LogP contribution is 2.17. The summed E-state index contributed by atoms with van der Waals surface area (Å²) in [7, 11) is 0. The fourth-order valence-corrected chi connectivity index (χ4v) is 3.22. The van der Waals surface area contributed by atoms with Crippen LogP contribution in [0.5, 0.6) is 0 Å². The van der Waals surface area contributed by atoms with E-state index in [0.29, 0.717) is 0 Å². The second-order valence-electron chi connectivity index (χ2n) is 6.91. The normalized spacial score (nSPS) is 20.9. The van der Waals surface area contributed by atoms with Gasteiger partial charge in [0.25, 0.3) is 0 Å². The molecule has 1 N–H and O–H groups in total. The van der Waals surface area contributed by atoms with Gasteiger partial charge in [0, 0.05) is 0 Å². The van der Waals surface area contributed by atoms with Crippen LogP contribution < -0.4 is 5.32 Å². The summed E-state index contributed by atoms with van der Waals surface area (Å²) in [6.45, 7) is 4.30. The van der Waals surface area contributed by atoms with E-state index in [1.165, 1.54) is 83.5 Å². The average molecular weight is 312 g/mol. The number of alkyl carbamates (subject to hydrolysis) is 1. The van der Waals surface area contributed by atoms with Crippen molar-refractivity contribution in [3.63, 3.8) is 0 Å². The van der Waals surface area contributed by atoms with Crippen molar-refractivity contribution < 1.29 is 9.53 Å². The zero-order chi connectivity index (χ0) is 16.0. The predicted molar refractivity (Wildman–Crippen MR) is 93.2 cm³/mol. The minimum Gasteiger partial charge on any atom is -0.444 e. The van der Waals surface area contributed by atoms with Crippen molar-refractivity contribution in [3.05, 3.63) is 0 Å². The molecule has 0 bridgehead atoms. The summed E-state index contributed by atoms with van der Waals surface area (Å²) in [5.74, 6) is 0. The zero-order valence-electron chi connectivity index (χ0n) is 14.9. The maximum Gasteiger partial charge on any atom is 0.407 e. The van der Waals surface area contributed by atoms with Crippen LogP contribution in [-0.2, 0) is 4.74 Å². The SMILES string of the molecule is CCCCCCCCCCCCCCC[C@@H]1OC(=O)N[C@@H]1C. The number of amides is 1. The molecule has 22 heavy (non-hydrogen) atoms. The van der Waals surface area contributed by atoms with E-state index in [4.69, 9.17) is 4.74 Å². The van der Waals surface area contributed by atoms with Crippen molar-refractivity contribution in [2.75, 3.05) is 0 Å². The number of unbranched alkanes of at least 4 members (excludes halogenated alkanes) is 12. The van der Waals surface area contributed by atoms with Gasteiger partial charge in [-0.05, 0) is 19.8 Å². The Morgan fingerprint density at radius 2 is 1.27 bits per heavy atom. The number of carbonyl (C=O) groups is 1. The highest BCUT2D eigenvalue weighted by atomic mass is 16.6. The molecule has 3 heteroatoms. The molecule has 0 aromatic carbocycles. The highest BCUT2D eigenvalue weighted by Gasteiger charge is 2.29. The molecule has 3 nitrogen and oxygen atoms in total. The molecule has 0 aromatic heterocycles. The van der Waals surface area contributed by atoms with E-state index in [2.05, 4.69) is 12.2 Å². The number of nitrogens with one attached hydrogen (secondary N) is 1. The number of hydrogen-bond acceptors (Lipinski definition) is 2. The van der Waals surface area contributed by atoms with Gasteiger partial charge in [0.2, 0.25) is 0 Å². The summed E-state index contributed by atoms with van der Waals surface area (Å²) in [5.41, 5.74) is 0. The standard InChI is InChI=1S/C19H37NO2/c1-3-4-5-6-7-8-9-10-11-12-13-14-15-16-18-17(2)20-19(21)22-18/h17-18H,3-16H2,1-2H3,(H,20,21)/t17-,18+/m1/s1. The lowest BCUT2D eigenvalue weighted by atomic mass is 10.0. The summed E-state index contributed by atoms with van der Waals surface area (Å²) >= 11 is 0. The number of ether oxygens (including phenoxy) is 1. The minimum absolute atomic E-state index is 0.0974. The van der Waals surface area contributed by atoms with Gasteiger partial charge in [-0.25, -0.2) is 4.79 Å². The van der Waals surface area contributed by atoms with Crippen molar-refractivity contribution in [1.82, 2.24) is 5.32 Å². The summed E-state index contributed by atoms with van der Waals surface area (Å²) in [6.07, 6.45) is 18.7. The molecule has 130 valence electrons.